The Morgan fingerprint density at radius 3 is 2.53 bits per heavy atom. The predicted octanol–water partition coefficient (Wildman–Crippen LogP) is 5.03. The second-order valence-corrected chi connectivity index (χ2v) is 10.0. The van der Waals surface area contributed by atoms with Crippen LogP contribution in [0.1, 0.15) is 55.5 Å². The Morgan fingerprint density at radius 1 is 1.06 bits per heavy atom. The van der Waals surface area contributed by atoms with Gasteiger partial charge in [0.25, 0.3) is 0 Å². The minimum Gasteiger partial charge on any atom is -0.347 e. The van der Waals surface area contributed by atoms with Crippen molar-refractivity contribution in [2.45, 2.75) is 52.1 Å². The molecule has 186 valence electrons. The number of fused-ring (bicyclic) bond motifs is 1. The number of hydrogen-bond acceptors (Lipinski definition) is 5. The number of hydrogen-bond donors (Lipinski definition) is 1. The maximum atomic E-state index is 13.3. The molecule has 36 heavy (non-hydrogen) atoms. The van der Waals surface area contributed by atoms with Gasteiger partial charge in [0.2, 0.25) is 11.9 Å². The van der Waals surface area contributed by atoms with E-state index in [9.17, 15) is 4.79 Å². The lowest BCUT2D eigenvalue weighted by Gasteiger charge is -2.32. The smallest absolute Gasteiger partial charge is 0.226 e. The number of carbonyl (C=O) groups excluding carboxylic acids is 1. The topological polar surface area (TPSA) is 75.9 Å². The molecule has 1 amide bonds. The molecule has 1 fully saturated rings. The maximum absolute atomic E-state index is 13.3. The van der Waals surface area contributed by atoms with Crippen molar-refractivity contribution >= 4 is 22.8 Å². The molecule has 1 atom stereocenters. The Morgan fingerprint density at radius 2 is 1.83 bits per heavy atom. The van der Waals surface area contributed by atoms with E-state index in [2.05, 4.69) is 66.3 Å². The first-order chi connectivity index (χ1) is 17.5. The zero-order valence-corrected chi connectivity index (χ0v) is 21.3. The number of aromatic nitrogens is 4. The summed E-state index contributed by atoms with van der Waals surface area (Å²) in [6, 6.07) is 16.5. The average Bonchev–Trinajstić information content (AvgIpc) is 3.42. The Balaban J connectivity index is 1.25. The van der Waals surface area contributed by atoms with E-state index in [1.807, 2.05) is 29.0 Å². The summed E-state index contributed by atoms with van der Waals surface area (Å²) in [5, 5.41) is 4.42. The molecule has 1 aliphatic rings. The number of nitrogens with one attached hydrogen (secondary N) is 1. The number of carbonyl (C=O) groups is 1. The summed E-state index contributed by atoms with van der Waals surface area (Å²) in [5.74, 6) is 1.32. The molecule has 0 spiro atoms. The summed E-state index contributed by atoms with van der Waals surface area (Å²) in [4.78, 5) is 29.3. The van der Waals surface area contributed by atoms with Crippen molar-refractivity contribution in [1.29, 1.82) is 0 Å². The third-order valence-electron chi connectivity index (χ3n) is 7.18. The molecule has 2 aromatic carbocycles. The van der Waals surface area contributed by atoms with Gasteiger partial charge in [-0.1, -0.05) is 50.2 Å². The van der Waals surface area contributed by atoms with Crippen LogP contribution in [0.3, 0.4) is 0 Å². The first-order valence-corrected chi connectivity index (χ1v) is 12.8. The number of nitrogens with zero attached hydrogens (tertiary/aromatic N) is 5. The highest BCUT2D eigenvalue weighted by Gasteiger charge is 2.28. The summed E-state index contributed by atoms with van der Waals surface area (Å²) in [7, 11) is 0. The van der Waals surface area contributed by atoms with Crippen molar-refractivity contribution in [3.63, 3.8) is 0 Å². The van der Waals surface area contributed by atoms with Crippen LogP contribution in [0.15, 0.2) is 67.3 Å². The van der Waals surface area contributed by atoms with Crippen molar-refractivity contribution in [2.24, 2.45) is 5.92 Å². The molecule has 3 heterocycles. The summed E-state index contributed by atoms with van der Waals surface area (Å²) >= 11 is 0. The van der Waals surface area contributed by atoms with E-state index >= 15 is 0 Å². The fourth-order valence-corrected chi connectivity index (χ4v) is 4.94. The molecular formula is C29H34N6O. The summed E-state index contributed by atoms with van der Waals surface area (Å²) < 4.78 is 2.00. The van der Waals surface area contributed by atoms with Gasteiger partial charge in [0.1, 0.15) is 0 Å². The first kappa shape index (κ1) is 24.0. The van der Waals surface area contributed by atoms with E-state index in [-0.39, 0.29) is 17.9 Å². The van der Waals surface area contributed by atoms with Crippen molar-refractivity contribution in [2.75, 3.05) is 18.0 Å². The number of anilines is 1. The molecule has 5 rings (SSSR count). The molecule has 2 aromatic heterocycles. The lowest BCUT2D eigenvalue weighted by Crippen LogP contribution is -2.42. The van der Waals surface area contributed by atoms with Crippen molar-refractivity contribution in [1.82, 2.24) is 24.8 Å². The third-order valence-corrected chi connectivity index (χ3v) is 7.18. The molecule has 0 unspecified atom stereocenters. The van der Waals surface area contributed by atoms with Crippen LogP contribution in [0.25, 0.3) is 10.9 Å². The van der Waals surface area contributed by atoms with Crippen LogP contribution < -0.4 is 10.2 Å². The van der Waals surface area contributed by atoms with E-state index in [0.29, 0.717) is 12.5 Å². The van der Waals surface area contributed by atoms with Crippen LogP contribution in [0.2, 0.25) is 0 Å². The van der Waals surface area contributed by atoms with Gasteiger partial charge in [-0.2, -0.15) is 0 Å². The largest absolute Gasteiger partial charge is 0.347 e. The van der Waals surface area contributed by atoms with E-state index < -0.39 is 0 Å². The second-order valence-electron chi connectivity index (χ2n) is 10.0. The quantitative estimate of drug-likeness (QED) is 0.400. The molecule has 1 aliphatic heterocycles. The highest BCUT2D eigenvalue weighted by Crippen LogP contribution is 2.27. The van der Waals surface area contributed by atoms with Crippen LogP contribution in [0.4, 0.5) is 5.95 Å². The van der Waals surface area contributed by atoms with Gasteiger partial charge in [0.05, 0.1) is 23.6 Å². The van der Waals surface area contributed by atoms with Crippen LogP contribution in [-0.4, -0.2) is 38.5 Å². The summed E-state index contributed by atoms with van der Waals surface area (Å²) in [5.41, 5.74) is 4.38. The molecule has 1 N–H and O–H groups in total. The molecule has 0 bridgehead atoms. The number of rotatable bonds is 7. The fraction of sp³-hybridized carbons (Fsp3) is 0.379. The fourth-order valence-electron chi connectivity index (χ4n) is 4.94. The lowest BCUT2D eigenvalue weighted by molar-refractivity contribution is -0.126. The van der Waals surface area contributed by atoms with Crippen LogP contribution in [0, 0.1) is 12.8 Å². The number of piperidine rings is 1. The van der Waals surface area contributed by atoms with Crippen molar-refractivity contribution < 1.29 is 4.79 Å². The highest BCUT2D eigenvalue weighted by atomic mass is 16.2. The molecule has 0 aliphatic carbocycles. The lowest BCUT2D eigenvalue weighted by atomic mass is 9.95. The third kappa shape index (κ3) is 5.25. The molecule has 7 nitrogen and oxygen atoms in total. The van der Waals surface area contributed by atoms with Gasteiger partial charge >= 0.3 is 0 Å². The molecule has 1 saturated heterocycles. The summed E-state index contributed by atoms with van der Waals surface area (Å²) in [6.45, 7) is 8.64. The Kier molecular flexibility index (Phi) is 6.98. The number of imidazole rings is 1. The van der Waals surface area contributed by atoms with Gasteiger partial charge < -0.3 is 14.8 Å². The Labute approximate surface area is 212 Å². The minimum absolute atomic E-state index is 0.0228. The highest BCUT2D eigenvalue weighted by molar-refractivity contribution is 5.83. The minimum atomic E-state index is -0.104. The van der Waals surface area contributed by atoms with Crippen molar-refractivity contribution in [3.8, 4) is 0 Å². The van der Waals surface area contributed by atoms with Gasteiger partial charge in [-0.15, -0.1) is 0 Å². The van der Waals surface area contributed by atoms with E-state index in [1.165, 1.54) is 5.56 Å². The number of benzene rings is 2. The van der Waals surface area contributed by atoms with E-state index in [0.717, 1.165) is 54.0 Å². The zero-order valence-electron chi connectivity index (χ0n) is 21.3. The van der Waals surface area contributed by atoms with Crippen LogP contribution in [-0.2, 0) is 11.3 Å². The zero-order chi connectivity index (χ0) is 25.1. The molecular weight excluding hydrogens is 448 g/mol. The average molecular weight is 483 g/mol. The molecule has 7 heteroatoms. The van der Waals surface area contributed by atoms with Crippen molar-refractivity contribution in [3.05, 3.63) is 84.1 Å². The molecule has 4 aromatic rings. The van der Waals surface area contributed by atoms with Gasteiger partial charge in [-0.3, -0.25) is 4.79 Å². The first-order valence-electron chi connectivity index (χ1n) is 12.8. The summed E-state index contributed by atoms with van der Waals surface area (Å²) in [6.07, 6.45) is 7.04. The van der Waals surface area contributed by atoms with Gasteiger partial charge in [0, 0.05) is 43.3 Å². The normalized spacial score (nSPS) is 15.4. The Hall–Kier alpha value is -3.74. The van der Waals surface area contributed by atoms with Gasteiger partial charge in [-0.05, 0) is 48.9 Å². The van der Waals surface area contributed by atoms with Gasteiger partial charge in [-0.25, -0.2) is 15.0 Å². The Bertz CT molecular complexity index is 1310. The monoisotopic (exact) mass is 482 g/mol. The molecule has 0 radical (unpaired) electrons. The number of aryl methyl sites for hydroxylation is 1. The second kappa shape index (κ2) is 10.5. The van der Waals surface area contributed by atoms with E-state index in [1.54, 1.807) is 12.5 Å². The van der Waals surface area contributed by atoms with E-state index in [4.69, 9.17) is 9.97 Å². The number of amides is 1. The maximum Gasteiger partial charge on any atom is 0.226 e. The van der Waals surface area contributed by atoms with Crippen LogP contribution >= 0.6 is 0 Å². The SMILES string of the molecule is Cc1nc(N2CCC(C(=O)N[C@H](Cn3ccnc3)c3ccccc3)CC2)nc2ccc(C(C)C)cc12. The van der Waals surface area contributed by atoms with Crippen LogP contribution in [0.5, 0.6) is 0 Å². The standard InChI is InChI=1S/C29H34N6O/c1-20(2)24-9-10-26-25(17-24)21(3)31-29(33-26)35-14-11-23(12-15-35)28(36)32-27(18-34-16-13-30-19-34)22-7-5-4-6-8-22/h4-10,13,16-17,19-20,23,27H,11-12,14-15,18H2,1-3H3,(H,32,36)/t27-/m1/s1. The predicted molar refractivity (Wildman–Crippen MR) is 143 cm³/mol. The molecule has 0 saturated carbocycles. The van der Waals surface area contributed by atoms with Gasteiger partial charge in [0.15, 0.2) is 0 Å².